The molecule has 0 N–H and O–H groups in total. The summed E-state index contributed by atoms with van der Waals surface area (Å²) < 4.78 is 0. The summed E-state index contributed by atoms with van der Waals surface area (Å²) in [6.45, 7) is 7.55. The number of piperazine rings is 1. The average Bonchev–Trinajstić information content (AvgIpc) is 2.62. The molecule has 0 spiro atoms. The number of carbonyl (C=O) groups excluding carboxylic acids is 2. The first-order valence-corrected chi connectivity index (χ1v) is 8.55. The van der Waals surface area contributed by atoms with Gasteiger partial charge in [-0.3, -0.25) is 14.5 Å². The molecular formula is C18H24N4O2. The van der Waals surface area contributed by atoms with Crippen LogP contribution in [0.5, 0.6) is 0 Å². The van der Waals surface area contributed by atoms with Crippen LogP contribution in [0.1, 0.15) is 26.7 Å². The fraction of sp³-hybridized carbons (Fsp3) is 0.500. The van der Waals surface area contributed by atoms with E-state index in [1.54, 1.807) is 0 Å². The molecule has 0 saturated carbocycles. The van der Waals surface area contributed by atoms with E-state index in [-0.39, 0.29) is 11.8 Å². The molecule has 24 heavy (non-hydrogen) atoms. The molecule has 2 heterocycles. The van der Waals surface area contributed by atoms with Crippen molar-refractivity contribution >= 4 is 23.2 Å². The van der Waals surface area contributed by atoms with Gasteiger partial charge in [-0.25, -0.2) is 5.01 Å². The Morgan fingerprint density at radius 2 is 1.71 bits per heavy atom. The number of anilines is 1. The lowest BCUT2D eigenvalue weighted by Crippen LogP contribution is -2.53. The van der Waals surface area contributed by atoms with Crippen molar-refractivity contribution in [3.63, 3.8) is 0 Å². The van der Waals surface area contributed by atoms with E-state index in [0.29, 0.717) is 30.3 Å². The molecule has 1 aromatic rings. The maximum absolute atomic E-state index is 12.8. The number of para-hydroxylation sites is 1. The zero-order chi connectivity index (χ0) is 17.1. The van der Waals surface area contributed by atoms with Crippen LogP contribution in [0.3, 0.4) is 0 Å². The normalized spacial score (nSPS) is 19.6. The predicted octanol–water partition coefficient (Wildman–Crippen LogP) is 1.72. The second-order valence-electron chi connectivity index (χ2n) is 6.51. The van der Waals surface area contributed by atoms with Gasteiger partial charge < -0.3 is 4.90 Å². The Morgan fingerprint density at radius 3 is 2.33 bits per heavy atom. The standard InChI is InChI=1S/C18H24N4O2/c1-14(2)20-10-12-21(13-11-20)18(24)16-8-9-17(23)22(19-16)15-6-4-3-5-7-15/h3-7,14H,8-13H2,1-2H3. The second-order valence-corrected chi connectivity index (χ2v) is 6.51. The zero-order valence-corrected chi connectivity index (χ0v) is 14.3. The minimum Gasteiger partial charge on any atom is -0.335 e. The van der Waals surface area contributed by atoms with Crippen LogP contribution in [-0.4, -0.2) is 59.5 Å². The first-order valence-electron chi connectivity index (χ1n) is 8.55. The van der Waals surface area contributed by atoms with Gasteiger partial charge in [-0.05, 0) is 26.0 Å². The summed E-state index contributed by atoms with van der Waals surface area (Å²) in [6.07, 6.45) is 0.747. The first-order chi connectivity index (χ1) is 11.6. The fourth-order valence-corrected chi connectivity index (χ4v) is 3.10. The zero-order valence-electron chi connectivity index (χ0n) is 14.3. The number of hydrogen-bond acceptors (Lipinski definition) is 4. The van der Waals surface area contributed by atoms with E-state index in [1.165, 1.54) is 5.01 Å². The molecule has 0 bridgehead atoms. The van der Waals surface area contributed by atoms with Crippen LogP contribution in [0.4, 0.5) is 5.69 Å². The molecule has 1 fully saturated rings. The lowest BCUT2D eigenvalue weighted by molar-refractivity contribution is -0.126. The molecule has 1 saturated heterocycles. The van der Waals surface area contributed by atoms with E-state index in [2.05, 4.69) is 23.8 Å². The van der Waals surface area contributed by atoms with Crippen LogP contribution in [-0.2, 0) is 9.59 Å². The van der Waals surface area contributed by atoms with Crippen molar-refractivity contribution in [3.05, 3.63) is 30.3 Å². The second kappa shape index (κ2) is 7.13. The highest BCUT2D eigenvalue weighted by molar-refractivity contribution is 6.40. The van der Waals surface area contributed by atoms with Crippen LogP contribution in [0.25, 0.3) is 0 Å². The topological polar surface area (TPSA) is 56.2 Å². The van der Waals surface area contributed by atoms with Crippen LogP contribution < -0.4 is 5.01 Å². The van der Waals surface area contributed by atoms with Crippen LogP contribution in [0.15, 0.2) is 35.4 Å². The van der Waals surface area contributed by atoms with Gasteiger partial charge in [-0.15, -0.1) is 0 Å². The van der Waals surface area contributed by atoms with Crippen molar-refractivity contribution in [3.8, 4) is 0 Å². The quantitative estimate of drug-likeness (QED) is 0.849. The van der Waals surface area contributed by atoms with Gasteiger partial charge in [0.05, 0.1) is 5.69 Å². The van der Waals surface area contributed by atoms with Gasteiger partial charge in [0.1, 0.15) is 5.71 Å². The number of hydrogen-bond donors (Lipinski definition) is 0. The molecule has 6 heteroatoms. The molecular weight excluding hydrogens is 304 g/mol. The highest BCUT2D eigenvalue weighted by Gasteiger charge is 2.30. The number of carbonyl (C=O) groups is 2. The maximum Gasteiger partial charge on any atom is 0.270 e. The highest BCUT2D eigenvalue weighted by Crippen LogP contribution is 2.20. The Kier molecular flexibility index (Phi) is 4.94. The molecule has 0 aromatic heterocycles. The number of amides is 2. The van der Waals surface area contributed by atoms with Crippen molar-refractivity contribution in [2.24, 2.45) is 5.10 Å². The van der Waals surface area contributed by atoms with Crippen molar-refractivity contribution < 1.29 is 9.59 Å². The van der Waals surface area contributed by atoms with E-state index in [4.69, 9.17) is 0 Å². The van der Waals surface area contributed by atoms with Gasteiger partial charge in [-0.2, -0.15) is 5.10 Å². The van der Waals surface area contributed by atoms with E-state index >= 15 is 0 Å². The van der Waals surface area contributed by atoms with Crippen molar-refractivity contribution in [1.82, 2.24) is 9.80 Å². The lowest BCUT2D eigenvalue weighted by Gasteiger charge is -2.37. The molecule has 2 aliphatic rings. The fourth-order valence-electron chi connectivity index (χ4n) is 3.10. The summed E-state index contributed by atoms with van der Waals surface area (Å²) in [7, 11) is 0. The molecule has 6 nitrogen and oxygen atoms in total. The monoisotopic (exact) mass is 328 g/mol. The molecule has 3 rings (SSSR count). The van der Waals surface area contributed by atoms with Crippen molar-refractivity contribution in [1.29, 1.82) is 0 Å². The molecule has 0 aliphatic carbocycles. The van der Waals surface area contributed by atoms with Gasteiger partial charge in [0.2, 0.25) is 5.91 Å². The number of benzene rings is 1. The Labute approximate surface area is 142 Å². The molecule has 128 valence electrons. The first kappa shape index (κ1) is 16.6. The third-order valence-corrected chi connectivity index (χ3v) is 4.61. The summed E-state index contributed by atoms with van der Waals surface area (Å²) in [5, 5.41) is 5.72. The summed E-state index contributed by atoms with van der Waals surface area (Å²) in [5.41, 5.74) is 1.19. The molecule has 0 radical (unpaired) electrons. The minimum atomic E-state index is -0.0672. The van der Waals surface area contributed by atoms with Crippen molar-refractivity contribution in [2.75, 3.05) is 31.2 Å². The third kappa shape index (κ3) is 3.48. The van der Waals surface area contributed by atoms with Gasteiger partial charge in [0.15, 0.2) is 0 Å². The van der Waals surface area contributed by atoms with Crippen LogP contribution in [0.2, 0.25) is 0 Å². The summed E-state index contributed by atoms with van der Waals surface area (Å²) in [4.78, 5) is 29.1. The largest absolute Gasteiger partial charge is 0.335 e. The number of hydrazone groups is 1. The third-order valence-electron chi connectivity index (χ3n) is 4.61. The minimum absolute atomic E-state index is 0.0353. The maximum atomic E-state index is 12.8. The molecule has 2 amide bonds. The van der Waals surface area contributed by atoms with Gasteiger partial charge in [0, 0.05) is 45.1 Å². The summed E-state index contributed by atoms with van der Waals surface area (Å²) >= 11 is 0. The van der Waals surface area contributed by atoms with E-state index in [0.717, 1.165) is 26.2 Å². The van der Waals surface area contributed by atoms with Crippen LogP contribution in [0, 0.1) is 0 Å². The average molecular weight is 328 g/mol. The van der Waals surface area contributed by atoms with Gasteiger partial charge in [0.25, 0.3) is 5.91 Å². The Bertz CT molecular complexity index is 634. The lowest BCUT2D eigenvalue weighted by atomic mass is 10.1. The van der Waals surface area contributed by atoms with Crippen LogP contribution >= 0.6 is 0 Å². The van der Waals surface area contributed by atoms with E-state index < -0.39 is 0 Å². The number of rotatable bonds is 3. The summed E-state index contributed by atoms with van der Waals surface area (Å²) in [6, 6.07) is 9.77. The van der Waals surface area contributed by atoms with E-state index in [1.807, 2.05) is 35.2 Å². The Balaban J connectivity index is 1.72. The molecule has 2 aliphatic heterocycles. The number of nitrogens with zero attached hydrogens (tertiary/aromatic N) is 4. The molecule has 0 atom stereocenters. The van der Waals surface area contributed by atoms with Crippen molar-refractivity contribution in [2.45, 2.75) is 32.7 Å². The predicted molar refractivity (Wildman–Crippen MR) is 93.9 cm³/mol. The highest BCUT2D eigenvalue weighted by atomic mass is 16.2. The Hall–Kier alpha value is -2.21. The molecule has 0 unspecified atom stereocenters. The Morgan fingerprint density at radius 1 is 1.04 bits per heavy atom. The summed E-state index contributed by atoms with van der Waals surface area (Å²) in [5.74, 6) is -0.103. The van der Waals surface area contributed by atoms with Gasteiger partial charge in [-0.1, -0.05) is 18.2 Å². The van der Waals surface area contributed by atoms with E-state index in [9.17, 15) is 9.59 Å². The van der Waals surface area contributed by atoms with Gasteiger partial charge >= 0.3 is 0 Å². The SMILES string of the molecule is CC(C)N1CCN(C(=O)C2=NN(c3ccccc3)C(=O)CC2)CC1. The molecule has 1 aromatic carbocycles. The smallest absolute Gasteiger partial charge is 0.270 e.